The van der Waals surface area contributed by atoms with Crippen molar-refractivity contribution in [2.75, 3.05) is 0 Å². The van der Waals surface area contributed by atoms with Crippen LogP contribution >= 0.6 is 0 Å². The van der Waals surface area contributed by atoms with Crippen LogP contribution in [0.15, 0.2) is 30.3 Å². The Bertz CT molecular complexity index is 277. The predicted octanol–water partition coefficient (Wildman–Crippen LogP) is 5.89. The van der Waals surface area contributed by atoms with Crippen LogP contribution in [-0.4, -0.2) is 0 Å². The van der Waals surface area contributed by atoms with Gasteiger partial charge in [0.2, 0.25) is 0 Å². The lowest BCUT2D eigenvalue weighted by Gasteiger charge is -2.29. The summed E-state index contributed by atoms with van der Waals surface area (Å²) in [7, 11) is 0. The molecule has 17 heavy (non-hydrogen) atoms. The Balaban J connectivity index is 0.00000121. The van der Waals surface area contributed by atoms with Gasteiger partial charge in [-0.3, -0.25) is 0 Å². The van der Waals surface area contributed by atoms with Crippen LogP contribution in [0.3, 0.4) is 0 Å². The van der Waals surface area contributed by atoms with Gasteiger partial charge in [0.1, 0.15) is 0 Å². The normalized spacial score (nSPS) is 12.9. The zero-order valence-electron chi connectivity index (χ0n) is 12.7. The van der Waals surface area contributed by atoms with Gasteiger partial charge in [-0.1, -0.05) is 78.8 Å². The maximum atomic E-state index is 2.32. The second-order valence-electron chi connectivity index (χ2n) is 6.03. The van der Waals surface area contributed by atoms with Crippen molar-refractivity contribution in [3.05, 3.63) is 35.9 Å². The van der Waals surface area contributed by atoms with E-state index >= 15 is 0 Å². The molecule has 1 unspecified atom stereocenters. The lowest BCUT2D eigenvalue weighted by atomic mass is 9.76. The second-order valence-corrected chi connectivity index (χ2v) is 6.03. The van der Waals surface area contributed by atoms with Crippen molar-refractivity contribution in [1.29, 1.82) is 0 Å². The molecule has 0 nitrogen and oxygen atoms in total. The van der Waals surface area contributed by atoms with Crippen molar-refractivity contribution < 1.29 is 0 Å². The summed E-state index contributed by atoms with van der Waals surface area (Å²) in [5, 5.41) is 0. The van der Waals surface area contributed by atoms with Gasteiger partial charge in [0, 0.05) is 0 Å². The molecule has 0 heterocycles. The molecule has 0 bridgehead atoms. The Hall–Kier alpha value is -0.780. The molecular formula is C17H30. The lowest BCUT2D eigenvalue weighted by Crippen LogP contribution is -2.16. The van der Waals surface area contributed by atoms with Crippen molar-refractivity contribution in [3.63, 3.8) is 0 Å². The Labute approximate surface area is 108 Å². The molecule has 0 radical (unpaired) electrons. The zero-order chi connectivity index (χ0) is 13.5. The summed E-state index contributed by atoms with van der Waals surface area (Å²) >= 11 is 0. The quantitative estimate of drug-likeness (QED) is 0.612. The van der Waals surface area contributed by atoms with Gasteiger partial charge >= 0.3 is 0 Å². The molecule has 0 heteroatoms. The fourth-order valence-corrected chi connectivity index (χ4v) is 2.10. The zero-order valence-corrected chi connectivity index (χ0v) is 12.7. The highest BCUT2D eigenvalue weighted by Crippen LogP contribution is 2.35. The maximum absolute atomic E-state index is 2.32. The summed E-state index contributed by atoms with van der Waals surface area (Å²) in [5.41, 5.74) is 1.90. The SMILES string of the molecule is CC.CC(C)C(CC(C)(C)C)c1ccccc1. The standard InChI is InChI=1S/C15H24.C2H6/c1-12(2)14(11-15(3,4)5)13-9-7-6-8-10-13;1-2/h6-10,12,14H,11H2,1-5H3;1-2H3. The lowest BCUT2D eigenvalue weighted by molar-refractivity contribution is 0.301. The first-order chi connectivity index (χ1) is 7.90. The fourth-order valence-electron chi connectivity index (χ4n) is 2.10. The third-order valence-electron chi connectivity index (χ3n) is 2.86. The molecule has 0 saturated heterocycles. The first kappa shape index (κ1) is 16.2. The van der Waals surface area contributed by atoms with Crippen LogP contribution in [0.2, 0.25) is 0 Å². The summed E-state index contributed by atoms with van der Waals surface area (Å²) < 4.78 is 0. The maximum Gasteiger partial charge on any atom is -0.0134 e. The van der Waals surface area contributed by atoms with Crippen molar-refractivity contribution in [3.8, 4) is 0 Å². The summed E-state index contributed by atoms with van der Waals surface area (Å²) in [5.74, 6) is 1.40. The van der Waals surface area contributed by atoms with Gasteiger partial charge in [-0.15, -0.1) is 0 Å². The first-order valence-corrected chi connectivity index (χ1v) is 6.95. The van der Waals surface area contributed by atoms with E-state index < -0.39 is 0 Å². The molecule has 1 aromatic carbocycles. The smallest absolute Gasteiger partial charge is 0.0134 e. The van der Waals surface area contributed by atoms with Gasteiger partial charge in [0.25, 0.3) is 0 Å². The van der Waals surface area contributed by atoms with Gasteiger partial charge in [0.15, 0.2) is 0 Å². The van der Waals surface area contributed by atoms with Crippen molar-refractivity contribution in [2.45, 2.75) is 60.8 Å². The van der Waals surface area contributed by atoms with E-state index in [-0.39, 0.29) is 0 Å². The average molecular weight is 234 g/mol. The Kier molecular flexibility index (Phi) is 7.18. The molecule has 0 aliphatic heterocycles. The van der Waals surface area contributed by atoms with E-state index in [1.54, 1.807) is 0 Å². The number of rotatable bonds is 3. The Morgan fingerprint density at radius 2 is 1.41 bits per heavy atom. The number of benzene rings is 1. The Morgan fingerprint density at radius 3 is 1.76 bits per heavy atom. The van der Waals surface area contributed by atoms with Crippen LogP contribution in [0.4, 0.5) is 0 Å². The average Bonchev–Trinajstić information content (AvgIpc) is 2.28. The molecule has 0 N–H and O–H groups in total. The topological polar surface area (TPSA) is 0 Å². The molecule has 0 aromatic heterocycles. The molecule has 0 spiro atoms. The van der Waals surface area contributed by atoms with E-state index in [1.165, 1.54) is 12.0 Å². The third kappa shape index (κ3) is 6.51. The number of hydrogen-bond acceptors (Lipinski definition) is 0. The van der Waals surface area contributed by atoms with Crippen LogP contribution in [0, 0.1) is 11.3 Å². The Morgan fingerprint density at radius 1 is 0.941 bits per heavy atom. The third-order valence-corrected chi connectivity index (χ3v) is 2.86. The van der Waals surface area contributed by atoms with Gasteiger partial charge < -0.3 is 0 Å². The van der Waals surface area contributed by atoms with Crippen molar-refractivity contribution >= 4 is 0 Å². The molecule has 1 rings (SSSR count). The molecule has 98 valence electrons. The number of hydrogen-bond donors (Lipinski definition) is 0. The van der Waals surface area contributed by atoms with E-state index in [2.05, 4.69) is 65.0 Å². The molecular weight excluding hydrogens is 204 g/mol. The molecule has 0 fully saturated rings. The van der Waals surface area contributed by atoms with Crippen LogP contribution in [0.25, 0.3) is 0 Å². The molecule has 1 aromatic rings. The van der Waals surface area contributed by atoms with Gasteiger partial charge in [-0.05, 0) is 29.2 Å². The summed E-state index contributed by atoms with van der Waals surface area (Å²) in [6.45, 7) is 15.6. The molecule has 0 amide bonds. The highest BCUT2D eigenvalue weighted by atomic mass is 14.3. The highest BCUT2D eigenvalue weighted by Gasteiger charge is 2.22. The minimum atomic E-state index is 0.408. The van der Waals surface area contributed by atoms with Crippen LogP contribution in [0.1, 0.15) is 66.4 Å². The highest BCUT2D eigenvalue weighted by molar-refractivity contribution is 5.20. The minimum Gasteiger partial charge on any atom is -0.0683 e. The van der Waals surface area contributed by atoms with Crippen molar-refractivity contribution in [2.24, 2.45) is 11.3 Å². The van der Waals surface area contributed by atoms with E-state index in [0.717, 1.165) is 0 Å². The van der Waals surface area contributed by atoms with Crippen LogP contribution in [0.5, 0.6) is 0 Å². The molecule has 1 atom stereocenters. The van der Waals surface area contributed by atoms with E-state index in [9.17, 15) is 0 Å². The summed E-state index contributed by atoms with van der Waals surface area (Å²) in [6, 6.07) is 10.9. The van der Waals surface area contributed by atoms with Crippen LogP contribution in [-0.2, 0) is 0 Å². The first-order valence-electron chi connectivity index (χ1n) is 6.95. The fraction of sp³-hybridized carbons (Fsp3) is 0.647. The second kappa shape index (κ2) is 7.53. The van der Waals surface area contributed by atoms with E-state index in [1.807, 2.05) is 13.8 Å². The monoisotopic (exact) mass is 234 g/mol. The van der Waals surface area contributed by atoms with Gasteiger partial charge in [-0.2, -0.15) is 0 Å². The van der Waals surface area contributed by atoms with Gasteiger partial charge in [0.05, 0.1) is 0 Å². The molecule has 0 aliphatic carbocycles. The summed E-state index contributed by atoms with van der Waals surface area (Å²) in [4.78, 5) is 0. The van der Waals surface area contributed by atoms with E-state index in [0.29, 0.717) is 17.3 Å². The predicted molar refractivity (Wildman–Crippen MR) is 79.4 cm³/mol. The van der Waals surface area contributed by atoms with Crippen LogP contribution < -0.4 is 0 Å². The summed E-state index contributed by atoms with van der Waals surface area (Å²) in [6.07, 6.45) is 1.26. The minimum absolute atomic E-state index is 0.408. The molecule has 0 saturated carbocycles. The van der Waals surface area contributed by atoms with E-state index in [4.69, 9.17) is 0 Å². The largest absolute Gasteiger partial charge is 0.0683 e. The van der Waals surface area contributed by atoms with Gasteiger partial charge in [-0.25, -0.2) is 0 Å². The van der Waals surface area contributed by atoms with Crippen molar-refractivity contribution in [1.82, 2.24) is 0 Å². The molecule has 0 aliphatic rings.